The Kier molecular flexibility index (Phi) is 5.96. The van der Waals surface area contributed by atoms with Crippen molar-refractivity contribution in [2.24, 2.45) is 7.05 Å². The molecule has 1 aliphatic rings. The van der Waals surface area contributed by atoms with Crippen LogP contribution in [0.4, 0.5) is 0 Å². The molecule has 1 aliphatic heterocycles. The molecule has 1 N–H and O–H groups in total. The van der Waals surface area contributed by atoms with Crippen LogP contribution >= 0.6 is 12.4 Å². The standard InChI is InChI=1S/C18H20N6O3.ClH/c1-23-8-7-20-16(23)14-11-19-6-9-24(14)18(25)15-21-17(27-22-15)12-4-3-5-13(10-12)26-2;/h3-5,7-8,10,14,19H,6,9,11H2,1-2H3;1H. The number of ether oxygens (including phenoxy) is 1. The van der Waals surface area contributed by atoms with Crippen molar-refractivity contribution < 1.29 is 14.1 Å². The van der Waals surface area contributed by atoms with Gasteiger partial charge in [0.2, 0.25) is 0 Å². The van der Waals surface area contributed by atoms with Gasteiger partial charge in [-0.1, -0.05) is 11.2 Å². The van der Waals surface area contributed by atoms with E-state index < -0.39 is 0 Å². The van der Waals surface area contributed by atoms with Gasteiger partial charge in [0.15, 0.2) is 0 Å². The Morgan fingerprint density at radius 3 is 3.00 bits per heavy atom. The number of aryl methyl sites for hydroxylation is 1. The fourth-order valence-electron chi connectivity index (χ4n) is 3.19. The average Bonchev–Trinajstić information content (AvgIpc) is 3.37. The molecule has 0 aliphatic carbocycles. The lowest BCUT2D eigenvalue weighted by Crippen LogP contribution is -2.49. The third kappa shape index (κ3) is 3.71. The zero-order chi connectivity index (χ0) is 18.8. The number of amides is 1. The summed E-state index contributed by atoms with van der Waals surface area (Å²) in [6.45, 7) is 1.86. The maximum atomic E-state index is 13.0. The highest BCUT2D eigenvalue weighted by Crippen LogP contribution is 2.25. The molecular formula is C18H21ClN6O3. The molecule has 0 bridgehead atoms. The van der Waals surface area contributed by atoms with E-state index in [0.717, 1.165) is 5.82 Å². The number of rotatable bonds is 4. The van der Waals surface area contributed by atoms with E-state index in [-0.39, 0.29) is 36.1 Å². The SMILES string of the molecule is COc1cccc(-c2nc(C(=O)N3CCNCC3c3nccn3C)no2)c1.Cl. The van der Waals surface area contributed by atoms with Gasteiger partial charge in [0.25, 0.3) is 17.6 Å². The van der Waals surface area contributed by atoms with Crippen molar-refractivity contribution in [3.05, 3.63) is 48.3 Å². The number of aromatic nitrogens is 4. The Bertz CT molecular complexity index is 956. The molecule has 3 heterocycles. The minimum atomic E-state index is -0.276. The van der Waals surface area contributed by atoms with Gasteiger partial charge >= 0.3 is 0 Å². The van der Waals surface area contributed by atoms with Crippen LogP contribution in [0, 0.1) is 0 Å². The highest BCUT2D eigenvalue weighted by atomic mass is 35.5. The highest BCUT2D eigenvalue weighted by molar-refractivity contribution is 5.91. The number of carbonyl (C=O) groups is 1. The Morgan fingerprint density at radius 2 is 2.25 bits per heavy atom. The lowest BCUT2D eigenvalue weighted by Gasteiger charge is -2.34. The summed E-state index contributed by atoms with van der Waals surface area (Å²) in [5.41, 5.74) is 0.696. The molecule has 9 nitrogen and oxygen atoms in total. The second kappa shape index (κ2) is 8.41. The summed E-state index contributed by atoms with van der Waals surface area (Å²) < 4.78 is 12.4. The van der Waals surface area contributed by atoms with Crippen LogP contribution in [0.2, 0.25) is 0 Å². The van der Waals surface area contributed by atoms with E-state index in [4.69, 9.17) is 9.26 Å². The molecule has 148 valence electrons. The van der Waals surface area contributed by atoms with E-state index in [9.17, 15) is 4.79 Å². The Morgan fingerprint density at radius 1 is 1.39 bits per heavy atom. The molecular weight excluding hydrogens is 384 g/mol. The molecule has 1 unspecified atom stereocenters. The summed E-state index contributed by atoms with van der Waals surface area (Å²) in [5.74, 6) is 1.53. The van der Waals surface area contributed by atoms with E-state index in [1.165, 1.54) is 0 Å². The second-order valence-corrected chi connectivity index (χ2v) is 6.27. The summed E-state index contributed by atoms with van der Waals surface area (Å²) in [4.78, 5) is 23.5. The van der Waals surface area contributed by atoms with Gasteiger partial charge in [-0.25, -0.2) is 4.98 Å². The summed E-state index contributed by atoms with van der Waals surface area (Å²) in [7, 11) is 3.50. The van der Waals surface area contributed by atoms with Crippen LogP contribution in [-0.2, 0) is 7.05 Å². The first-order chi connectivity index (χ1) is 13.2. The van der Waals surface area contributed by atoms with Crippen LogP contribution in [0.3, 0.4) is 0 Å². The van der Waals surface area contributed by atoms with Crippen molar-refractivity contribution in [1.29, 1.82) is 0 Å². The van der Waals surface area contributed by atoms with E-state index in [0.29, 0.717) is 30.9 Å². The molecule has 4 rings (SSSR count). The van der Waals surface area contributed by atoms with Crippen LogP contribution in [0.5, 0.6) is 5.75 Å². The van der Waals surface area contributed by atoms with Gasteiger partial charge in [-0.2, -0.15) is 4.98 Å². The number of piperazine rings is 1. The van der Waals surface area contributed by atoms with Gasteiger partial charge < -0.3 is 24.0 Å². The van der Waals surface area contributed by atoms with Gasteiger partial charge in [-0.05, 0) is 18.2 Å². The maximum absolute atomic E-state index is 13.0. The molecule has 0 radical (unpaired) electrons. The number of imidazole rings is 1. The predicted molar refractivity (Wildman–Crippen MR) is 103 cm³/mol. The first-order valence-electron chi connectivity index (χ1n) is 8.64. The van der Waals surface area contributed by atoms with Crippen LogP contribution in [-0.4, -0.2) is 57.2 Å². The quantitative estimate of drug-likeness (QED) is 0.706. The smallest absolute Gasteiger partial charge is 0.295 e. The summed E-state index contributed by atoms with van der Waals surface area (Å²) >= 11 is 0. The van der Waals surface area contributed by atoms with Gasteiger partial charge in [0.1, 0.15) is 17.6 Å². The summed E-state index contributed by atoms with van der Waals surface area (Å²) in [6.07, 6.45) is 3.59. The van der Waals surface area contributed by atoms with Crippen LogP contribution in [0.15, 0.2) is 41.2 Å². The molecule has 3 aromatic rings. The van der Waals surface area contributed by atoms with Gasteiger partial charge in [0, 0.05) is 44.6 Å². The summed E-state index contributed by atoms with van der Waals surface area (Å²) in [6, 6.07) is 7.07. The van der Waals surface area contributed by atoms with Crippen LogP contribution in [0.25, 0.3) is 11.5 Å². The van der Waals surface area contributed by atoms with Gasteiger partial charge in [-0.15, -0.1) is 12.4 Å². The lowest BCUT2D eigenvalue weighted by molar-refractivity contribution is 0.0605. The zero-order valence-electron chi connectivity index (χ0n) is 15.5. The third-order valence-electron chi connectivity index (χ3n) is 4.59. The van der Waals surface area contributed by atoms with E-state index in [1.807, 2.05) is 36.0 Å². The molecule has 1 saturated heterocycles. The van der Waals surface area contributed by atoms with Crippen LogP contribution < -0.4 is 10.1 Å². The fraction of sp³-hybridized carbons (Fsp3) is 0.333. The van der Waals surface area contributed by atoms with Crippen molar-refractivity contribution in [3.8, 4) is 17.2 Å². The Balaban J connectivity index is 0.00000225. The molecule has 1 amide bonds. The second-order valence-electron chi connectivity index (χ2n) is 6.27. The first kappa shape index (κ1) is 19.8. The molecule has 2 aromatic heterocycles. The number of benzene rings is 1. The van der Waals surface area contributed by atoms with Crippen molar-refractivity contribution in [2.45, 2.75) is 6.04 Å². The Hall–Kier alpha value is -2.91. The normalized spacial score (nSPS) is 16.5. The number of halogens is 1. The predicted octanol–water partition coefficient (Wildman–Crippen LogP) is 1.69. The number of nitrogens with zero attached hydrogens (tertiary/aromatic N) is 5. The first-order valence-corrected chi connectivity index (χ1v) is 8.64. The topological polar surface area (TPSA) is 98.3 Å². The largest absolute Gasteiger partial charge is 0.497 e. The number of nitrogens with one attached hydrogen (secondary N) is 1. The molecule has 0 spiro atoms. The molecule has 28 heavy (non-hydrogen) atoms. The lowest BCUT2D eigenvalue weighted by atomic mass is 10.1. The number of hydrogen-bond acceptors (Lipinski definition) is 7. The summed E-state index contributed by atoms with van der Waals surface area (Å²) in [5, 5.41) is 7.20. The van der Waals surface area contributed by atoms with E-state index in [1.54, 1.807) is 24.3 Å². The number of methoxy groups -OCH3 is 1. The number of carbonyl (C=O) groups excluding carboxylic acids is 1. The fourth-order valence-corrected chi connectivity index (χ4v) is 3.19. The zero-order valence-corrected chi connectivity index (χ0v) is 16.3. The van der Waals surface area contributed by atoms with E-state index >= 15 is 0 Å². The van der Waals surface area contributed by atoms with Gasteiger partial charge in [0.05, 0.1) is 7.11 Å². The number of hydrogen-bond donors (Lipinski definition) is 1. The average molecular weight is 405 g/mol. The monoisotopic (exact) mass is 404 g/mol. The minimum Gasteiger partial charge on any atom is -0.497 e. The van der Waals surface area contributed by atoms with Crippen LogP contribution in [0.1, 0.15) is 22.5 Å². The highest BCUT2D eigenvalue weighted by Gasteiger charge is 2.33. The van der Waals surface area contributed by atoms with E-state index in [2.05, 4.69) is 20.4 Å². The molecule has 0 saturated carbocycles. The van der Waals surface area contributed by atoms with Crippen molar-refractivity contribution in [1.82, 2.24) is 29.9 Å². The molecule has 10 heteroatoms. The minimum absolute atomic E-state index is 0. The van der Waals surface area contributed by atoms with Crippen molar-refractivity contribution in [2.75, 3.05) is 26.7 Å². The third-order valence-corrected chi connectivity index (χ3v) is 4.59. The maximum Gasteiger partial charge on any atom is 0.295 e. The molecule has 1 fully saturated rings. The van der Waals surface area contributed by atoms with Gasteiger partial charge in [-0.3, -0.25) is 4.79 Å². The Labute approximate surface area is 168 Å². The van der Waals surface area contributed by atoms with Crippen molar-refractivity contribution >= 4 is 18.3 Å². The molecule has 1 atom stereocenters. The molecule has 1 aromatic carbocycles. The van der Waals surface area contributed by atoms with Crippen molar-refractivity contribution in [3.63, 3.8) is 0 Å².